The SMILES string of the molecule is COc1nc(-c2cc(C(C)C)c(Cl)nn2)ccc1-n1cnc(C)c1. The standard InChI is InChI=1S/C17H18ClN5O/c1-10(2)12-7-14(21-22-16(12)18)13-5-6-15(17(20-13)24-4)23-8-11(3)19-9-23/h5-10H,1-4H3. The Kier molecular flexibility index (Phi) is 4.49. The number of aryl methyl sites for hydroxylation is 1. The molecule has 0 bridgehead atoms. The highest BCUT2D eigenvalue weighted by Crippen LogP contribution is 2.28. The molecule has 7 heteroatoms. The summed E-state index contributed by atoms with van der Waals surface area (Å²) in [7, 11) is 1.59. The third-order valence-corrected chi connectivity index (χ3v) is 3.98. The highest BCUT2D eigenvalue weighted by molar-refractivity contribution is 6.30. The van der Waals surface area contributed by atoms with Crippen LogP contribution in [-0.4, -0.2) is 31.8 Å². The fourth-order valence-corrected chi connectivity index (χ4v) is 2.71. The van der Waals surface area contributed by atoms with E-state index in [2.05, 4.69) is 34.0 Å². The number of imidazole rings is 1. The zero-order valence-corrected chi connectivity index (χ0v) is 14.7. The van der Waals surface area contributed by atoms with Crippen molar-refractivity contribution in [1.82, 2.24) is 24.7 Å². The van der Waals surface area contributed by atoms with E-state index < -0.39 is 0 Å². The Morgan fingerprint density at radius 3 is 2.58 bits per heavy atom. The van der Waals surface area contributed by atoms with Gasteiger partial charge in [0.15, 0.2) is 5.15 Å². The van der Waals surface area contributed by atoms with Crippen LogP contribution in [0.3, 0.4) is 0 Å². The molecule has 3 aromatic rings. The lowest BCUT2D eigenvalue weighted by Gasteiger charge is -2.11. The maximum Gasteiger partial charge on any atom is 0.238 e. The van der Waals surface area contributed by atoms with Gasteiger partial charge in [0.2, 0.25) is 5.88 Å². The summed E-state index contributed by atoms with van der Waals surface area (Å²) in [5.74, 6) is 0.745. The van der Waals surface area contributed by atoms with Gasteiger partial charge in [0.25, 0.3) is 0 Å². The molecule has 0 aliphatic heterocycles. The topological polar surface area (TPSA) is 65.7 Å². The lowest BCUT2D eigenvalue weighted by Crippen LogP contribution is -2.01. The number of hydrogen-bond donors (Lipinski definition) is 0. The van der Waals surface area contributed by atoms with Crippen LogP contribution < -0.4 is 4.74 Å². The van der Waals surface area contributed by atoms with E-state index in [4.69, 9.17) is 16.3 Å². The second-order valence-electron chi connectivity index (χ2n) is 5.78. The van der Waals surface area contributed by atoms with Gasteiger partial charge < -0.3 is 9.30 Å². The van der Waals surface area contributed by atoms with Crippen LogP contribution in [0.2, 0.25) is 5.15 Å². The Morgan fingerprint density at radius 2 is 1.96 bits per heavy atom. The van der Waals surface area contributed by atoms with Crippen molar-refractivity contribution < 1.29 is 4.74 Å². The lowest BCUT2D eigenvalue weighted by molar-refractivity contribution is 0.396. The second kappa shape index (κ2) is 6.57. The smallest absolute Gasteiger partial charge is 0.238 e. The molecule has 0 aliphatic carbocycles. The number of ether oxygens (including phenoxy) is 1. The average Bonchev–Trinajstić information content (AvgIpc) is 3.00. The zero-order chi connectivity index (χ0) is 17.3. The van der Waals surface area contributed by atoms with Gasteiger partial charge >= 0.3 is 0 Å². The fraction of sp³-hybridized carbons (Fsp3) is 0.294. The first-order chi connectivity index (χ1) is 11.5. The van der Waals surface area contributed by atoms with Crippen LogP contribution in [0, 0.1) is 6.92 Å². The van der Waals surface area contributed by atoms with Gasteiger partial charge in [0.05, 0.1) is 24.8 Å². The molecule has 0 unspecified atom stereocenters. The molecule has 24 heavy (non-hydrogen) atoms. The van der Waals surface area contributed by atoms with Gasteiger partial charge in [0, 0.05) is 6.20 Å². The van der Waals surface area contributed by atoms with Crippen molar-refractivity contribution in [3.63, 3.8) is 0 Å². The van der Waals surface area contributed by atoms with Crippen molar-refractivity contribution in [2.45, 2.75) is 26.7 Å². The van der Waals surface area contributed by atoms with E-state index in [-0.39, 0.29) is 5.92 Å². The summed E-state index contributed by atoms with van der Waals surface area (Å²) in [4.78, 5) is 8.79. The van der Waals surface area contributed by atoms with Gasteiger partial charge in [0.1, 0.15) is 11.4 Å². The molecule has 3 heterocycles. The van der Waals surface area contributed by atoms with Crippen LogP contribution in [0.5, 0.6) is 5.88 Å². The van der Waals surface area contributed by atoms with Gasteiger partial charge in [-0.25, -0.2) is 9.97 Å². The average molecular weight is 344 g/mol. The largest absolute Gasteiger partial charge is 0.479 e. The van der Waals surface area contributed by atoms with E-state index >= 15 is 0 Å². The number of rotatable bonds is 4. The van der Waals surface area contributed by atoms with Crippen LogP contribution in [0.4, 0.5) is 0 Å². The van der Waals surface area contributed by atoms with Crippen LogP contribution in [-0.2, 0) is 0 Å². The normalized spacial score (nSPS) is 11.1. The van der Waals surface area contributed by atoms with E-state index in [1.54, 1.807) is 13.4 Å². The summed E-state index contributed by atoms with van der Waals surface area (Å²) in [6.07, 6.45) is 3.64. The predicted octanol–water partition coefficient (Wildman–Crippen LogP) is 3.82. The van der Waals surface area contributed by atoms with Gasteiger partial charge in [-0.2, -0.15) is 0 Å². The number of methoxy groups -OCH3 is 1. The maximum atomic E-state index is 6.12. The number of pyridine rings is 1. The van der Waals surface area contributed by atoms with Gasteiger partial charge in [-0.05, 0) is 36.6 Å². The molecule has 6 nitrogen and oxygen atoms in total. The Balaban J connectivity index is 2.06. The summed E-state index contributed by atoms with van der Waals surface area (Å²) in [5, 5.41) is 8.61. The number of halogens is 1. The molecule has 0 fully saturated rings. The van der Waals surface area contributed by atoms with Crippen LogP contribution in [0.25, 0.3) is 17.1 Å². The van der Waals surface area contributed by atoms with Crippen molar-refractivity contribution in [2.75, 3.05) is 7.11 Å². The van der Waals surface area contributed by atoms with E-state index in [9.17, 15) is 0 Å². The third-order valence-electron chi connectivity index (χ3n) is 3.68. The molecular weight excluding hydrogens is 326 g/mol. The molecule has 0 aromatic carbocycles. The molecule has 0 spiro atoms. The third kappa shape index (κ3) is 3.10. The molecular formula is C17H18ClN5O. The van der Waals surface area contributed by atoms with Crippen molar-refractivity contribution in [3.05, 3.63) is 47.1 Å². The number of hydrogen-bond acceptors (Lipinski definition) is 5. The van der Waals surface area contributed by atoms with E-state index in [1.807, 2.05) is 35.9 Å². The molecule has 3 aromatic heterocycles. The second-order valence-corrected chi connectivity index (χ2v) is 6.14. The van der Waals surface area contributed by atoms with Crippen LogP contribution >= 0.6 is 11.6 Å². The van der Waals surface area contributed by atoms with Gasteiger partial charge in [-0.1, -0.05) is 25.4 Å². The Morgan fingerprint density at radius 1 is 1.17 bits per heavy atom. The van der Waals surface area contributed by atoms with Gasteiger partial charge in [-0.3, -0.25) is 0 Å². The van der Waals surface area contributed by atoms with Crippen LogP contribution in [0.15, 0.2) is 30.7 Å². The summed E-state index contributed by atoms with van der Waals surface area (Å²) in [6, 6.07) is 5.73. The molecule has 0 atom stereocenters. The Hall–Kier alpha value is -2.47. The lowest BCUT2D eigenvalue weighted by atomic mass is 10.0. The summed E-state index contributed by atoms with van der Waals surface area (Å²) in [6.45, 7) is 6.05. The monoisotopic (exact) mass is 343 g/mol. The zero-order valence-electron chi connectivity index (χ0n) is 14.0. The molecule has 0 saturated heterocycles. The minimum Gasteiger partial charge on any atom is -0.479 e. The van der Waals surface area contributed by atoms with Crippen molar-refractivity contribution in [1.29, 1.82) is 0 Å². The Labute approximate surface area is 145 Å². The first-order valence-corrected chi connectivity index (χ1v) is 7.97. The van der Waals surface area contributed by atoms with E-state index in [1.165, 1.54) is 0 Å². The Bertz CT molecular complexity index is 875. The van der Waals surface area contributed by atoms with E-state index in [0.717, 1.165) is 16.9 Å². The van der Waals surface area contributed by atoms with Gasteiger partial charge in [-0.15, -0.1) is 10.2 Å². The number of aromatic nitrogens is 5. The quantitative estimate of drug-likeness (QED) is 0.720. The maximum absolute atomic E-state index is 6.12. The predicted molar refractivity (Wildman–Crippen MR) is 92.8 cm³/mol. The molecule has 0 aliphatic rings. The molecule has 0 saturated carbocycles. The van der Waals surface area contributed by atoms with Crippen molar-refractivity contribution in [3.8, 4) is 23.0 Å². The van der Waals surface area contributed by atoms with Crippen molar-refractivity contribution in [2.24, 2.45) is 0 Å². The highest BCUT2D eigenvalue weighted by Gasteiger charge is 2.14. The molecule has 0 amide bonds. The molecule has 0 N–H and O–H groups in total. The molecule has 3 rings (SSSR count). The highest BCUT2D eigenvalue weighted by atomic mass is 35.5. The molecule has 0 radical (unpaired) electrons. The number of nitrogens with zero attached hydrogens (tertiary/aromatic N) is 5. The first-order valence-electron chi connectivity index (χ1n) is 7.59. The first kappa shape index (κ1) is 16.4. The minimum absolute atomic E-state index is 0.252. The summed E-state index contributed by atoms with van der Waals surface area (Å²) >= 11 is 6.12. The summed E-state index contributed by atoms with van der Waals surface area (Å²) in [5.41, 5.74) is 4.02. The van der Waals surface area contributed by atoms with E-state index in [0.29, 0.717) is 22.4 Å². The summed E-state index contributed by atoms with van der Waals surface area (Å²) < 4.78 is 7.31. The van der Waals surface area contributed by atoms with Crippen molar-refractivity contribution >= 4 is 11.6 Å². The van der Waals surface area contributed by atoms with Crippen LogP contribution in [0.1, 0.15) is 31.0 Å². The minimum atomic E-state index is 0.252. The fourth-order valence-electron chi connectivity index (χ4n) is 2.40. The molecule has 124 valence electrons.